The van der Waals surface area contributed by atoms with E-state index in [-0.39, 0.29) is 5.69 Å². The Kier molecular flexibility index (Phi) is 3.59. The molecular weight excluding hydrogens is 222 g/mol. The first-order chi connectivity index (χ1) is 8.31. The monoisotopic (exact) mass is 235 g/mol. The standard InChI is InChI=1S/C10H13N5O2/c1-2-3-4-9-11-10(17-13-9)6-15-5-8(7-16)12-14-15/h5,7H,2-4,6H2,1H3. The minimum Gasteiger partial charge on any atom is -0.337 e. The van der Waals surface area contributed by atoms with Crippen LogP contribution in [0.1, 0.15) is 42.0 Å². The summed E-state index contributed by atoms with van der Waals surface area (Å²) in [6, 6.07) is 0. The first-order valence-corrected chi connectivity index (χ1v) is 5.48. The molecule has 0 unspecified atom stereocenters. The summed E-state index contributed by atoms with van der Waals surface area (Å²) in [5.74, 6) is 1.18. The Bertz CT molecular complexity index is 490. The summed E-state index contributed by atoms with van der Waals surface area (Å²) in [5, 5.41) is 11.3. The second-order valence-corrected chi connectivity index (χ2v) is 3.67. The first kappa shape index (κ1) is 11.4. The van der Waals surface area contributed by atoms with Gasteiger partial charge in [-0.2, -0.15) is 4.98 Å². The number of rotatable bonds is 6. The lowest BCUT2D eigenvalue weighted by molar-refractivity contribution is 0.111. The number of aromatic nitrogens is 5. The van der Waals surface area contributed by atoms with Crippen molar-refractivity contribution in [2.45, 2.75) is 32.7 Å². The van der Waals surface area contributed by atoms with Gasteiger partial charge >= 0.3 is 0 Å². The smallest absolute Gasteiger partial charge is 0.248 e. The molecule has 0 aromatic carbocycles. The zero-order chi connectivity index (χ0) is 12.1. The molecule has 0 spiro atoms. The second-order valence-electron chi connectivity index (χ2n) is 3.67. The third-order valence-electron chi connectivity index (χ3n) is 2.24. The fourth-order valence-electron chi connectivity index (χ4n) is 1.37. The summed E-state index contributed by atoms with van der Waals surface area (Å²) in [4.78, 5) is 14.7. The quantitative estimate of drug-likeness (QED) is 0.690. The molecule has 0 amide bonds. The van der Waals surface area contributed by atoms with Crippen LogP contribution < -0.4 is 0 Å². The zero-order valence-corrected chi connectivity index (χ0v) is 9.54. The fourth-order valence-corrected chi connectivity index (χ4v) is 1.37. The van der Waals surface area contributed by atoms with Crippen LogP contribution in [0.5, 0.6) is 0 Å². The van der Waals surface area contributed by atoms with Crippen molar-refractivity contribution in [3.63, 3.8) is 0 Å². The Morgan fingerprint density at radius 3 is 3.12 bits per heavy atom. The lowest BCUT2D eigenvalue weighted by Gasteiger charge is -1.91. The van der Waals surface area contributed by atoms with Crippen LogP contribution in [-0.4, -0.2) is 31.4 Å². The minimum absolute atomic E-state index is 0.288. The topological polar surface area (TPSA) is 86.7 Å². The number of hydrogen-bond donors (Lipinski definition) is 0. The maximum atomic E-state index is 10.4. The van der Waals surface area contributed by atoms with Gasteiger partial charge in [0.2, 0.25) is 5.89 Å². The molecule has 0 fully saturated rings. The Labute approximate surface area is 97.8 Å². The lowest BCUT2D eigenvalue weighted by Crippen LogP contribution is -2.01. The van der Waals surface area contributed by atoms with E-state index in [4.69, 9.17) is 4.52 Å². The molecule has 2 heterocycles. The average Bonchev–Trinajstić information content (AvgIpc) is 2.96. The van der Waals surface area contributed by atoms with Gasteiger partial charge in [0.1, 0.15) is 12.2 Å². The van der Waals surface area contributed by atoms with E-state index in [9.17, 15) is 4.79 Å². The third kappa shape index (κ3) is 2.96. The van der Waals surface area contributed by atoms with Gasteiger partial charge in [0, 0.05) is 6.42 Å². The van der Waals surface area contributed by atoms with Crippen LogP contribution in [0.2, 0.25) is 0 Å². The predicted octanol–water partition coefficient (Wildman–Crippen LogP) is 0.865. The van der Waals surface area contributed by atoms with E-state index < -0.39 is 0 Å². The maximum Gasteiger partial charge on any atom is 0.248 e. The Morgan fingerprint density at radius 1 is 1.53 bits per heavy atom. The number of aldehydes is 1. The van der Waals surface area contributed by atoms with Crippen molar-refractivity contribution in [1.82, 2.24) is 25.1 Å². The van der Waals surface area contributed by atoms with Crippen molar-refractivity contribution in [2.24, 2.45) is 0 Å². The first-order valence-electron chi connectivity index (χ1n) is 5.48. The molecule has 0 atom stereocenters. The summed E-state index contributed by atoms with van der Waals surface area (Å²) in [6.07, 6.45) is 5.12. The van der Waals surface area contributed by atoms with Crippen LogP contribution in [-0.2, 0) is 13.0 Å². The van der Waals surface area contributed by atoms with Crippen molar-refractivity contribution in [3.05, 3.63) is 23.6 Å². The number of carbonyl (C=O) groups is 1. The maximum absolute atomic E-state index is 10.4. The van der Waals surface area contributed by atoms with E-state index in [0.29, 0.717) is 24.5 Å². The number of aryl methyl sites for hydroxylation is 1. The van der Waals surface area contributed by atoms with E-state index >= 15 is 0 Å². The zero-order valence-electron chi connectivity index (χ0n) is 9.54. The van der Waals surface area contributed by atoms with Gasteiger partial charge in [-0.25, -0.2) is 4.68 Å². The molecule has 2 rings (SSSR count). The van der Waals surface area contributed by atoms with Gasteiger partial charge < -0.3 is 4.52 Å². The highest BCUT2D eigenvalue weighted by molar-refractivity contribution is 5.70. The molecule has 7 nitrogen and oxygen atoms in total. The summed E-state index contributed by atoms with van der Waals surface area (Å²) < 4.78 is 6.56. The largest absolute Gasteiger partial charge is 0.337 e. The summed E-state index contributed by atoms with van der Waals surface area (Å²) >= 11 is 0. The highest BCUT2D eigenvalue weighted by atomic mass is 16.5. The SMILES string of the molecule is CCCCc1noc(Cn2cc(C=O)nn2)n1. The molecule has 0 radical (unpaired) electrons. The summed E-state index contributed by atoms with van der Waals surface area (Å²) in [7, 11) is 0. The fraction of sp³-hybridized carbons (Fsp3) is 0.500. The van der Waals surface area contributed by atoms with Crippen molar-refractivity contribution in [1.29, 1.82) is 0 Å². The van der Waals surface area contributed by atoms with Gasteiger partial charge in [-0.15, -0.1) is 5.10 Å². The van der Waals surface area contributed by atoms with Gasteiger partial charge in [0.05, 0.1) is 6.20 Å². The number of hydrogen-bond acceptors (Lipinski definition) is 6. The van der Waals surface area contributed by atoms with Crippen LogP contribution in [0.15, 0.2) is 10.7 Å². The summed E-state index contributed by atoms with van der Waals surface area (Å²) in [5.41, 5.74) is 0.288. The predicted molar refractivity (Wildman–Crippen MR) is 57.4 cm³/mol. The van der Waals surface area contributed by atoms with Crippen LogP contribution >= 0.6 is 0 Å². The van der Waals surface area contributed by atoms with E-state index in [1.807, 2.05) is 0 Å². The molecule has 0 bridgehead atoms. The van der Waals surface area contributed by atoms with Crippen LogP contribution in [0.25, 0.3) is 0 Å². The van der Waals surface area contributed by atoms with Crippen molar-refractivity contribution >= 4 is 6.29 Å². The number of unbranched alkanes of at least 4 members (excludes halogenated alkanes) is 1. The van der Waals surface area contributed by atoms with Gasteiger partial charge in [0.25, 0.3) is 0 Å². The van der Waals surface area contributed by atoms with Crippen LogP contribution in [0.4, 0.5) is 0 Å². The van der Waals surface area contributed by atoms with Crippen molar-refractivity contribution in [2.75, 3.05) is 0 Å². The normalized spacial score (nSPS) is 10.6. The second kappa shape index (κ2) is 5.33. The molecule has 0 aliphatic rings. The minimum atomic E-state index is 0.288. The molecule has 0 aliphatic heterocycles. The highest BCUT2D eigenvalue weighted by Gasteiger charge is 2.08. The Morgan fingerprint density at radius 2 is 2.41 bits per heavy atom. The lowest BCUT2D eigenvalue weighted by atomic mass is 10.2. The molecule has 2 aromatic heterocycles. The summed E-state index contributed by atoms with van der Waals surface area (Å²) in [6.45, 7) is 2.44. The van der Waals surface area contributed by atoms with E-state index in [2.05, 4.69) is 27.4 Å². The average molecular weight is 235 g/mol. The molecule has 17 heavy (non-hydrogen) atoms. The van der Waals surface area contributed by atoms with Gasteiger partial charge in [-0.3, -0.25) is 4.79 Å². The molecule has 0 saturated heterocycles. The molecule has 90 valence electrons. The highest BCUT2D eigenvalue weighted by Crippen LogP contribution is 2.03. The molecule has 0 N–H and O–H groups in total. The van der Waals surface area contributed by atoms with Crippen molar-refractivity contribution in [3.8, 4) is 0 Å². The Balaban J connectivity index is 1.98. The van der Waals surface area contributed by atoms with Crippen LogP contribution in [0, 0.1) is 0 Å². The van der Waals surface area contributed by atoms with Crippen molar-refractivity contribution < 1.29 is 9.32 Å². The molecule has 0 aliphatic carbocycles. The Hall–Kier alpha value is -2.05. The van der Waals surface area contributed by atoms with E-state index in [1.54, 1.807) is 0 Å². The molecule has 0 saturated carbocycles. The van der Waals surface area contributed by atoms with E-state index in [0.717, 1.165) is 19.3 Å². The van der Waals surface area contributed by atoms with Crippen LogP contribution in [0.3, 0.4) is 0 Å². The van der Waals surface area contributed by atoms with E-state index in [1.165, 1.54) is 10.9 Å². The number of nitrogens with zero attached hydrogens (tertiary/aromatic N) is 5. The van der Waals surface area contributed by atoms with Gasteiger partial charge in [-0.1, -0.05) is 23.7 Å². The molecule has 7 heteroatoms. The van der Waals surface area contributed by atoms with Gasteiger partial charge in [0.15, 0.2) is 12.1 Å². The molecule has 2 aromatic rings. The number of carbonyl (C=O) groups excluding carboxylic acids is 1. The van der Waals surface area contributed by atoms with Gasteiger partial charge in [-0.05, 0) is 6.42 Å². The molecular formula is C10H13N5O2. The third-order valence-corrected chi connectivity index (χ3v) is 2.24.